The van der Waals surface area contributed by atoms with Crippen molar-refractivity contribution in [3.05, 3.63) is 48.8 Å². The van der Waals surface area contributed by atoms with E-state index < -0.39 is 11.5 Å². The number of carbonyl (C=O) groups excluding carboxylic acids is 1. The first-order valence-electron chi connectivity index (χ1n) is 10.4. The molecule has 0 aromatic carbocycles. The minimum absolute atomic E-state index is 0.0866. The predicted octanol–water partition coefficient (Wildman–Crippen LogP) is 2.44. The number of nitrogens with one attached hydrogen (secondary N) is 1. The molecule has 6 heteroatoms. The molecule has 148 valence electrons. The van der Waals surface area contributed by atoms with Crippen molar-refractivity contribution in [1.29, 1.82) is 0 Å². The molecule has 2 aromatic rings. The van der Waals surface area contributed by atoms with E-state index in [0.29, 0.717) is 11.3 Å². The highest BCUT2D eigenvalue weighted by Gasteiger charge is 2.61. The number of imidazole rings is 1. The van der Waals surface area contributed by atoms with Gasteiger partial charge in [-0.05, 0) is 67.6 Å². The Morgan fingerprint density at radius 2 is 1.96 bits per heavy atom. The Morgan fingerprint density at radius 3 is 2.61 bits per heavy atom. The predicted molar refractivity (Wildman–Crippen MR) is 104 cm³/mol. The third-order valence-corrected chi connectivity index (χ3v) is 7.41. The molecule has 3 aliphatic carbocycles. The highest BCUT2D eigenvalue weighted by molar-refractivity contribution is 5.90. The summed E-state index contributed by atoms with van der Waals surface area (Å²) in [6.45, 7) is 0.835. The van der Waals surface area contributed by atoms with Gasteiger partial charge in [0.1, 0.15) is 0 Å². The Balaban J connectivity index is 1.29. The Morgan fingerprint density at radius 1 is 1.18 bits per heavy atom. The van der Waals surface area contributed by atoms with Gasteiger partial charge < -0.3 is 15.0 Å². The summed E-state index contributed by atoms with van der Waals surface area (Å²) in [5.41, 5.74) is 0.990. The summed E-state index contributed by atoms with van der Waals surface area (Å²) in [5.74, 6) is 0.439. The first-order valence-corrected chi connectivity index (χ1v) is 10.4. The molecule has 0 saturated heterocycles. The van der Waals surface area contributed by atoms with Crippen molar-refractivity contribution in [3.8, 4) is 0 Å². The maximum absolute atomic E-state index is 13.4. The molecule has 2 N–H and O–H groups in total. The van der Waals surface area contributed by atoms with Crippen LogP contribution in [0.1, 0.15) is 50.5 Å². The number of pyridine rings is 1. The van der Waals surface area contributed by atoms with E-state index in [4.69, 9.17) is 0 Å². The van der Waals surface area contributed by atoms with Crippen molar-refractivity contribution in [2.24, 2.45) is 11.3 Å². The highest BCUT2D eigenvalue weighted by Crippen LogP contribution is 2.65. The van der Waals surface area contributed by atoms with Gasteiger partial charge in [0.2, 0.25) is 5.91 Å². The molecular formula is C22H28N4O2. The lowest BCUT2D eigenvalue weighted by molar-refractivity contribution is -0.143. The van der Waals surface area contributed by atoms with Crippen molar-refractivity contribution < 1.29 is 9.90 Å². The van der Waals surface area contributed by atoms with E-state index in [1.807, 2.05) is 29.2 Å². The van der Waals surface area contributed by atoms with Crippen molar-refractivity contribution in [2.45, 2.75) is 69.1 Å². The smallest absolute Gasteiger partial charge is 0.231 e. The number of nitrogens with zero attached hydrogens (tertiary/aromatic N) is 3. The minimum Gasteiger partial charge on any atom is -0.391 e. The van der Waals surface area contributed by atoms with Crippen LogP contribution in [0.25, 0.3) is 0 Å². The van der Waals surface area contributed by atoms with Gasteiger partial charge >= 0.3 is 0 Å². The Labute approximate surface area is 165 Å². The van der Waals surface area contributed by atoms with Gasteiger partial charge in [-0.2, -0.15) is 0 Å². The van der Waals surface area contributed by atoms with E-state index in [2.05, 4.69) is 15.3 Å². The standard InChI is InChI=1S/C22H28N4O2/c27-19-11-16(12-26-9-8-24-15-26)10-18(19)25-20(28)22(17-2-6-23-7-3-17)13-21(14-22)4-1-5-21/h2-3,6-9,15-16,18-19,27H,1,4-5,10-14H2,(H,25,28)/t16?,18-,19-/m1/s1. The fraction of sp³-hybridized carbons (Fsp3) is 0.591. The first kappa shape index (κ1) is 17.9. The van der Waals surface area contributed by atoms with Crippen molar-refractivity contribution >= 4 is 5.91 Å². The zero-order chi connectivity index (χ0) is 19.2. The van der Waals surface area contributed by atoms with E-state index in [1.165, 1.54) is 19.3 Å². The van der Waals surface area contributed by atoms with E-state index in [0.717, 1.165) is 37.8 Å². The zero-order valence-electron chi connectivity index (χ0n) is 16.1. The van der Waals surface area contributed by atoms with E-state index in [-0.39, 0.29) is 11.9 Å². The van der Waals surface area contributed by atoms with Crippen LogP contribution in [0.3, 0.4) is 0 Å². The molecule has 3 fully saturated rings. The second kappa shape index (κ2) is 6.69. The van der Waals surface area contributed by atoms with Gasteiger partial charge in [0.15, 0.2) is 0 Å². The molecule has 6 nitrogen and oxygen atoms in total. The topological polar surface area (TPSA) is 80.0 Å². The van der Waals surface area contributed by atoms with Gasteiger partial charge in [0, 0.05) is 31.3 Å². The molecule has 1 unspecified atom stereocenters. The van der Waals surface area contributed by atoms with Crippen LogP contribution in [0, 0.1) is 11.3 Å². The quantitative estimate of drug-likeness (QED) is 0.835. The molecule has 2 heterocycles. The lowest BCUT2D eigenvalue weighted by Crippen LogP contribution is -2.62. The van der Waals surface area contributed by atoms with Crippen LogP contribution >= 0.6 is 0 Å². The second-order valence-electron chi connectivity index (χ2n) is 9.27. The van der Waals surface area contributed by atoms with Gasteiger partial charge in [0.05, 0.1) is 23.9 Å². The molecule has 5 rings (SSSR count). The summed E-state index contributed by atoms with van der Waals surface area (Å²) < 4.78 is 2.05. The molecule has 1 amide bonds. The monoisotopic (exact) mass is 380 g/mol. The third kappa shape index (κ3) is 2.94. The van der Waals surface area contributed by atoms with Crippen LogP contribution < -0.4 is 5.32 Å². The van der Waals surface area contributed by atoms with Crippen LogP contribution in [0.15, 0.2) is 43.2 Å². The average Bonchev–Trinajstić information content (AvgIpc) is 3.24. The summed E-state index contributed by atoms with van der Waals surface area (Å²) in [6.07, 6.45) is 15.8. The molecule has 28 heavy (non-hydrogen) atoms. The molecule has 3 saturated carbocycles. The summed E-state index contributed by atoms with van der Waals surface area (Å²) in [4.78, 5) is 21.7. The van der Waals surface area contributed by atoms with Gasteiger partial charge in [-0.15, -0.1) is 0 Å². The fourth-order valence-electron chi connectivity index (χ4n) is 5.85. The number of aliphatic hydroxyl groups excluding tert-OH is 1. The number of amides is 1. The third-order valence-electron chi connectivity index (χ3n) is 7.41. The maximum Gasteiger partial charge on any atom is 0.231 e. The second-order valence-corrected chi connectivity index (χ2v) is 9.27. The van der Waals surface area contributed by atoms with E-state index in [1.54, 1.807) is 18.6 Å². The molecule has 0 aliphatic heterocycles. The molecule has 0 radical (unpaired) electrons. The summed E-state index contributed by atoms with van der Waals surface area (Å²) in [7, 11) is 0. The number of hydrogen-bond acceptors (Lipinski definition) is 4. The summed E-state index contributed by atoms with van der Waals surface area (Å²) in [6, 6.07) is 3.80. The number of aromatic nitrogens is 3. The molecule has 3 aliphatic rings. The van der Waals surface area contributed by atoms with Gasteiger partial charge in [-0.1, -0.05) is 6.42 Å². The molecule has 0 bridgehead atoms. The average molecular weight is 380 g/mol. The SMILES string of the molecule is O=C(N[C@@H]1CC(Cn2ccnc2)C[C@H]1O)C1(c2ccncc2)CC2(CCC2)C1. The summed E-state index contributed by atoms with van der Waals surface area (Å²) in [5, 5.41) is 13.8. The van der Waals surface area contributed by atoms with Crippen molar-refractivity contribution in [2.75, 3.05) is 0 Å². The number of carbonyl (C=O) groups is 1. The van der Waals surface area contributed by atoms with Gasteiger partial charge in [-0.25, -0.2) is 4.98 Å². The number of rotatable bonds is 5. The van der Waals surface area contributed by atoms with Crippen LogP contribution in [0.5, 0.6) is 0 Å². The van der Waals surface area contributed by atoms with Crippen LogP contribution in [-0.4, -0.2) is 37.7 Å². The van der Waals surface area contributed by atoms with E-state index in [9.17, 15) is 9.90 Å². The molecule has 2 aromatic heterocycles. The van der Waals surface area contributed by atoms with Gasteiger partial charge in [-0.3, -0.25) is 9.78 Å². The lowest BCUT2D eigenvalue weighted by Gasteiger charge is -2.60. The zero-order valence-corrected chi connectivity index (χ0v) is 16.1. The fourth-order valence-corrected chi connectivity index (χ4v) is 5.85. The van der Waals surface area contributed by atoms with Crippen LogP contribution in [-0.2, 0) is 16.8 Å². The van der Waals surface area contributed by atoms with E-state index >= 15 is 0 Å². The van der Waals surface area contributed by atoms with Crippen molar-refractivity contribution in [3.63, 3.8) is 0 Å². The Kier molecular flexibility index (Phi) is 4.27. The molecule has 1 spiro atoms. The lowest BCUT2D eigenvalue weighted by atomic mass is 9.43. The van der Waals surface area contributed by atoms with Crippen molar-refractivity contribution in [1.82, 2.24) is 19.9 Å². The molecular weight excluding hydrogens is 352 g/mol. The largest absolute Gasteiger partial charge is 0.391 e. The number of aliphatic hydroxyl groups is 1. The highest BCUT2D eigenvalue weighted by atomic mass is 16.3. The first-order chi connectivity index (χ1) is 13.6. The summed E-state index contributed by atoms with van der Waals surface area (Å²) >= 11 is 0. The van der Waals surface area contributed by atoms with Crippen LogP contribution in [0.2, 0.25) is 0 Å². The molecule has 3 atom stereocenters. The Hall–Kier alpha value is -2.21. The maximum atomic E-state index is 13.4. The van der Waals surface area contributed by atoms with Crippen LogP contribution in [0.4, 0.5) is 0 Å². The Bertz CT molecular complexity index is 823. The van der Waals surface area contributed by atoms with Gasteiger partial charge in [0.25, 0.3) is 0 Å². The number of hydrogen-bond donors (Lipinski definition) is 2. The normalized spacial score (nSPS) is 29.8. The minimum atomic E-state index is -0.482.